The molecule has 100 valence electrons. The predicted molar refractivity (Wildman–Crippen MR) is 82.0 cm³/mol. The van der Waals surface area contributed by atoms with E-state index >= 15 is 0 Å². The van der Waals surface area contributed by atoms with Crippen LogP contribution in [0.25, 0.3) is 0 Å². The van der Waals surface area contributed by atoms with Gasteiger partial charge in [0.05, 0.1) is 0 Å². The highest BCUT2D eigenvalue weighted by atomic mass is 79.9. The molecular weight excluding hydrogens is 286 g/mol. The Morgan fingerprint density at radius 1 is 1.28 bits per heavy atom. The lowest BCUT2D eigenvalue weighted by molar-refractivity contribution is 0.0445. The zero-order chi connectivity index (χ0) is 13.2. The lowest BCUT2D eigenvalue weighted by atomic mass is 9.54. The summed E-state index contributed by atoms with van der Waals surface area (Å²) in [6.45, 7) is 8.15. The number of hydrogen-bond donors (Lipinski definition) is 1. The molecule has 1 nitrogen and oxygen atoms in total. The molecule has 2 rings (SSSR count). The van der Waals surface area contributed by atoms with Gasteiger partial charge in [-0.05, 0) is 54.8 Å². The van der Waals surface area contributed by atoms with Crippen LogP contribution in [0.3, 0.4) is 0 Å². The summed E-state index contributed by atoms with van der Waals surface area (Å²) >= 11 is 3.51. The molecule has 1 saturated carbocycles. The van der Waals surface area contributed by atoms with Crippen LogP contribution in [0, 0.1) is 5.41 Å². The van der Waals surface area contributed by atoms with Crippen LogP contribution < -0.4 is 5.32 Å². The smallest absolute Gasteiger partial charge is 0.0175 e. The van der Waals surface area contributed by atoms with E-state index in [1.165, 1.54) is 29.3 Å². The van der Waals surface area contributed by atoms with E-state index in [1.54, 1.807) is 0 Å². The van der Waals surface area contributed by atoms with Crippen LogP contribution in [0.1, 0.15) is 51.5 Å². The SMILES string of the molecule is CCCNC1CC(c2ccc(Br)cc2)C1(C)CC. The van der Waals surface area contributed by atoms with Crippen molar-refractivity contribution in [3.8, 4) is 0 Å². The minimum atomic E-state index is 0.420. The van der Waals surface area contributed by atoms with Crippen LogP contribution in [0.5, 0.6) is 0 Å². The van der Waals surface area contributed by atoms with Crippen molar-refractivity contribution in [3.05, 3.63) is 34.3 Å². The predicted octanol–water partition coefficient (Wildman–Crippen LogP) is 4.72. The number of halogens is 1. The summed E-state index contributed by atoms with van der Waals surface area (Å²) in [7, 11) is 0. The van der Waals surface area contributed by atoms with Gasteiger partial charge in [-0.2, -0.15) is 0 Å². The monoisotopic (exact) mass is 309 g/mol. The molecule has 2 heteroatoms. The van der Waals surface area contributed by atoms with Crippen molar-refractivity contribution in [1.82, 2.24) is 5.32 Å². The molecule has 1 aromatic carbocycles. The average Bonchev–Trinajstić information content (AvgIpc) is 2.38. The molecule has 1 aliphatic rings. The minimum Gasteiger partial charge on any atom is -0.313 e. The molecule has 0 bridgehead atoms. The summed E-state index contributed by atoms with van der Waals surface area (Å²) < 4.78 is 1.17. The third kappa shape index (κ3) is 2.50. The molecule has 18 heavy (non-hydrogen) atoms. The summed E-state index contributed by atoms with van der Waals surface area (Å²) in [6, 6.07) is 9.57. The van der Waals surface area contributed by atoms with E-state index in [-0.39, 0.29) is 0 Å². The summed E-state index contributed by atoms with van der Waals surface area (Å²) in [4.78, 5) is 0. The molecule has 0 saturated heterocycles. The lowest BCUT2D eigenvalue weighted by Gasteiger charge is -2.55. The Labute approximate surface area is 119 Å². The Morgan fingerprint density at radius 3 is 2.50 bits per heavy atom. The van der Waals surface area contributed by atoms with Crippen molar-refractivity contribution >= 4 is 15.9 Å². The fraction of sp³-hybridized carbons (Fsp3) is 0.625. The first-order chi connectivity index (χ1) is 8.61. The fourth-order valence-electron chi connectivity index (χ4n) is 3.20. The zero-order valence-corrected chi connectivity index (χ0v) is 13.3. The van der Waals surface area contributed by atoms with Crippen molar-refractivity contribution in [2.45, 2.75) is 52.0 Å². The van der Waals surface area contributed by atoms with Crippen molar-refractivity contribution in [3.63, 3.8) is 0 Å². The molecule has 1 aromatic rings. The Kier molecular flexibility index (Phi) is 4.50. The Balaban J connectivity index is 2.09. The Morgan fingerprint density at radius 2 is 1.94 bits per heavy atom. The van der Waals surface area contributed by atoms with Gasteiger partial charge in [0.15, 0.2) is 0 Å². The number of nitrogens with one attached hydrogen (secondary N) is 1. The van der Waals surface area contributed by atoms with Gasteiger partial charge in [-0.15, -0.1) is 0 Å². The van der Waals surface area contributed by atoms with E-state index in [0.717, 1.165) is 6.54 Å². The van der Waals surface area contributed by atoms with E-state index < -0.39 is 0 Å². The molecule has 0 amide bonds. The van der Waals surface area contributed by atoms with Crippen molar-refractivity contribution in [2.24, 2.45) is 5.41 Å². The molecule has 0 radical (unpaired) electrons. The molecule has 3 atom stereocenters. The first-order valence-electron chi connectivity index (χ1n) is 7.10. The minimum absolute atomic E-state index is 0.420. The van der Waals surface area contributed by atoms with Gasteiger partial charge in [0.1, 0.15) is 0 Å². The maximum atomic E-state index is 3.71. The maximum absolute atomic E-state index is 3.71. The molecule has 0 heterocycles. The highest BCUT2D eigenvalue weighted by Crippen LogP contribution is 2.54. The third-order valence-electron chi connectivity index (χ3n) is 4.74. The number of benzene rings is 1. The van der Waals surface area contributed by atoms with Crippen molar-refractivity contribution in [2.75, 3.05) is 6.54 Å². The van der Waals surface area contributed by atoms with E-state index in [0.29, 0.717) is 17.4 Å². The molecule has 0 spiro atoms. The van der Waals surface area contributed by atoms with E-state index in [1.807, 2.05) is 0 Å². The molecule has 0 aromatic heterocycles. The first kappa shape index (κ1) is 14.1. The summed E-state index contributed by atoms with van der Waals surface area (Å²) in [5, 5.41) is 3.71. The second-order valence-electron chi connectivity index (χ2n) is 5.71. The van der Waals surface area contributed by atoms with E-state index in [9.17, 15) is 0 Å². The highest BCUT2D eigenvalue weighted by molar-refractivity contribution is 9.10. The second-order valence-corrected chi connectivity index (χ2v) is 6.62. The lowest BCUT2D eigenvalue weighted by Crippen LogP contribution is -2.56. The highest BCUT2D eigenvalue weighted by Gasteiger charge is 2.50. The average molecular weight is 310 g/mol. The summed E-state index contributed by atoms with van der Waals surface area (Å²) in [5.74, 6) is 0.713. The van der Waals surface area contributed by atoms with Gasteiger partial charge in [0.2, 0.25) is 0 Å². The van der Waals surface area contributed by atoms with E-state index in [2.05, 4.69) is 66.3 Å². The molecule has 1 N–H and O–H groups in total. The van der Waals surface area contributed by atoms with Crippen LogP contribution in [-0.4, -0.2) is 12.6 Å². The number of rotatable bonds is 5. The molecule has 0 aliphatic heterocycles. The molecule has 3 unspecified atom stereocenters. The standard InChI is InChI=1S/C16H24BrN/c1-4-10-18-15-11-14(16(15,3)5-2)12-6-8-13(17)9-7-12/h6-9,14-15,18H,4-5,10-11H2,1-3H3. The van der Waals surface area contributed by atoms with Gasteiger partial charge in [0.25, 0.3) is 0 Å². The molecule has 1 aliphatic carbocycles. The van der Waals surface area contributed by atoms with Gasteiger partial charge in [-0.1, -0.05) is 48.8 Å². The second kappa shape index (κ2) is 5.75. The van der Waals surface area contributed by atoms with Crippen LogP contribution in [0.15, 0.2) is 28.7 Å². The van der Waals surface area contributed by atoms with Crippen LogP contribution >= 0.6 is 15.9 Å². The van der Waals surface area contributed by atoms with E-state index in [4.69, 9.17) is 0 Å². The number of hydrogen-bond acceptors (Lipinski definition) is 1. The van der Waals surface area contributed by atoms with Gasteiger partial charge >= 0.3 is 0 Å². The summed E-state index contributed by atoms with van der Waals surface area (Å²) in [6.07, 6.45) is 3.75. The van der Waals surface area contributed by atoms with Crippen molar-refractivity contribution in [1.29, 1.82) is 0 Å². The Hall–Kier alpha value is -0.340. The first-order valence-corrected chi connectivity index (χ1v) is 7.90. The topological polar surface area (TPSA) is 12.0 Å². The maximum Gasteiger partial charge on any atom is 0.0175 e. The van der Waals surface area contributed by atoms with Crippen LogP contribution in [-0.2, 0) is 0 Å². The molecule has 1 fully saturated rings. The quantitative estimate of drug-likeness (QED) is 0.829. The van der Waals surface area contributed by atoms with Crippen LogP contribution in [0.4, 0.5) is 0 Å². The zero-order valence-electron chi connectivity index (χ0n) is 11.7. The molecular formula is C16H24BrN. The van der Waals surface area contributed by atoms with Gasteiger partial charge in [0, 0.05) is 10.5 Å². The largest absolute Gasteiger partial charge is 0.313 e. The van der Waals surface area contributed by atoms with Gasteiger partial charge in [-0.25, -0.2) is 0 Å². The summed E-state index contributed by atoms with van der Waals surface area (Å²) in [5.41, 5.74) is 1.92. The fourth-order valence-corrected chi connectivity index (χ4v) is 3.46. The van der Waals surface area contributed by atoms with Gasteiger partial charge < -0.3 is 5.32 Å². The Bertz CT molecular complexity index is 387. The van der Waals surface area contributed by atoms with Crippen molar-refractivity contribution < 1.29 is 0 Å². The van der Waals surface area contributed by atoms with Gasteiger partial charge in [-0.3, -0.25) is 0 Å². The third-order valence-corrected chi connectivity index (χ3v) is 5.27. The normalized spacial score (nSPS) is 31.1. The van der Waals surface area contributed by atoms with Crippen LogP contribution in [0.2, 0.25) is 0 Å².